The number of aromatic nitrogens is 3. The Morgan fingerprint density at radius 1 is 1.21 bits per heavy atom. The second-order valence-corrected chi connectivity index (χ2v) is 6.09. The van der Waals surface area contributed by atoms with Gasteiger partial charge in [0, 0.05) is 38.5 Å². The fourth-order valence-electron chi connectivity index (χ4n) is 3.29. The van der Waals surface area contributed by atoms with Crippen molar-refractivity contribution < 1.29 is 13.9 Å². The molecule has 0 amide bonds. The predicted octanol–water partition coefficient (Wildman–Crippen LogP) is 1.21. The average molecular weight is 333 g/mol. The topological polar surface area (TPSA) is 78.4 Å². The summed E-state index contributed by atoms with van der Waals surface area (Å²) in [5, 5.41) is 7.88. The lowest BCUT2D eigenvalue weighted by molar-refractivity contribution is -0.169. The van der Waals surface area contributed by atoms with Gasteiger partial charge in [0.15, 0.2) is 5.79 Å². The second kappa shape index (κ2) is 6.12. The summed E-state index contributed by atoms with van der Waals surface area (Å²) >= 11 is 0. The molecule has 1 aromatic carbocycles. The van der Waals surface area contributed by atoms with E-state index in [2.05, 4.69) is 10.3 Å². The van der Waals surface area contributed by atoms with Crippen LogP contribution in [0.15, 0.2) is 24.4 Å². The maximum Gasteiger partial charge on any atom is 0.171 e. The molecule has 0 radical (unpaired) electrons. The smallest absolute Gasteiger partial charge is 0.171 e. The zero-order valence-electron chi connectivity index (χ0n) is 13.3. The van der Waals surface area contributed by atoms with Gasteiger partial charge in [-0.1, -0.05) is 5.21 Å². The van der Waals surface area contributed by atoms with Crippen molar-refractivity contribution in [1.29, 1.82) is 0 Å². The molecule has 1 spiro atoms. The molecule has 0 aliphatic carbocycles. The van der Waals surface area contributed by atoms with Crippen molar-refractivity contribution >= 4 is 5.69 Å². The number of halogens is 1. The van der Waals surface area contributed by atoms with Gasteiger partial charge in [-0.25, -0.2) is 9.07 Å². The van der Waals surface area contributed by atoms with Gasteiger partial charge < -0.3 is 20.1 Å². The first-order chi connectivity index (χ1) is 11.7. The molecule has 0 bridgehead atoms. The van der Waals surface area contributed by atoms with Crippen molar-refractivity contribution in [2.75, 3.05) is 31.2 Å². The molecule has 4 rings (SSSR count). The summed E-state index contributed by atoms with van der Waals surface area (Å²) in [6.45, 7) is 3.01. The van der Waals surface area contributed by atoms with E-state index in [-0.39, 0.29) is 5.82 Å². The highest BCUT2D eigenvalue weighted by Gasteiger charge is 2.40. The van der Waals surface area contributed by atoms with Gasteiger partial charge in [0.1, 0.15) is 5.82 Å². The molecule has 128 valence electrons. The van der Waals surface area contributed by atoms with E-state index in [1.165, 1.54) is 10.7 Å². The molecule has 2 saturated heterocycles. The third kappa shape index (κ3) is 2.77. The Morgan fingerprint density at radius 3 is 2.58 bits per heavy atom. The lowest BCUT2D eigenvalue weighted by Gasteiger charge is -2.38. The molecule has 0 unspecified atom stereocenters. The molecule has 2 aromatic rings. The van der Waals surface area contributed by atoms with Crippen LogP contribution in [0.5, 0.6) is 0 Å². The molecular formula is C16H20FN5O2. The minimum Gasteiger partial charge on any atom is -0.369 e. The van der Waals surface area contributed by atoms with Crippen LogP contribution in [-0.4, -0.2) is 47.1 Å². The molecule has 0 atom stereocenters. The molecule has 2 aliphatic heterocycles. The maximum atomic E-state index is 14.6. The van der Waals surface area contributed by atoms with E-state index in [1.54, 1.807) is 12.3 Å². The van der Waals surface area contributed by atoms with Crippen LogP contribution in [0.2, 0.25) is 0 Å². The van der Waals surface area contributed by atoms with Gasteiger partial charge in [0.2, 0.25) is 0 Å². The van der Waals surface area contributed by atoms with Gasteiger partial charge in [-0.15, -0.1) is 5.10 Å². The van der Waals surface area contributed by atoms with Gasteiger partial charge >= 0.3 is 0 Å². The standard InChI is InChI=1S/C16H20FN5O2/c17-14-9-13(22-11-12(10-18)19-20-22)1-2-15(14)21-5-3-16(4-6-21)23-7-8-24-16/h1-2,9,11H,3-8,10,18H2. The van der Waals surface area contributed by atoms with Crippen molar-refractivity contribution in [2.45, 2.75) is 25.2 Å². The normalized spacial score (nSPS) is 20.0. The van der Waals surface area contributed by atoms with Crippen LogP contribution in [-0.2, 0) is 16.0 Å². The van der Waals surface area contributed by atoms with E-state index in [4.69, 9.17) is 15.2 Å². The fourth-order valence-corrected chi connectivity index (χ4v) is 3.29. The largest absolute Gasteiger partial charge is 0.369 e. The molecule has 7 nitrogen and oxygen atoms in total. The summed E-state index contributed by atoms with van der Waals surface area (Å²) in [6, 6.07) is 5.08. The monoisotopic (exact) mass is 333 g/mol. The van der Waals surface area contributed by atoms with Crippen LogP contribution >= 0.6 is 0 Å². The van der Waals surface area contributed by atoms with E-state index in [1.807, 2.05) is 11.0 Å². The quantitative estimate of drug-likeness (QED) is 0.910. The number of rotatable bonds is 3. The molecule has 24 heavy (non-hydrogen) atoms. The van der Waals surface area contributed by atoms with Crippen LogP contribution in [0, 0.1) is 5.82 Å². The van der Waals surface area contributed by atoms with Crippen molar-refractivity contribution in [1.82, 2.24) is 15.0 Å². The Bertz CT molecular complexity index is 719. The van der Waals surface area contributed by atoms with Gasteiger partial charge in [0.25, 0.3) is 0 Å². The summed E-state index contributed by atoms with van der Waals surface area (Å²) in [4.78, 5) is 2.03. The Balaban J connectivity index is 1.50. The minimum absolute atomic E-state index is 0.276. The van der Waals surface area contributed by atoms with E-state index < -0.39 is 5.79 Å². The van der Waals surface area contributed by atoms with Crippen molar-refractivity contribution in [3.05, 3.63) is 35.9 Å². The molecule has 3 heterocycles. The Kier molecular flexibility index (Phi) is 3.95. The molecule has 2 fully saturated rings. The highest BCUT2D eigenvalue weighted by atomic mass is 19.1. The van der Waals surface area contributed by atoms with Gasteiger partial charge in [0.05, 0.1) is 36.5 Å². The first-order valence-electron chi connectivity index (χ1n) is 8.13. The first-order valence-corrected chi connectivity index (χ1v) is 8.13. The number of hydrogen-bond donors (Lipinski definition) is 1. The Morgan fingerprint density at radius 2 is 1.96 bits per heavy atom. The summed E-state index contributed by atoms with van der Waals surface area (Å²) in [5.74, 6) is -0.728. The van der Waals surface area contributed by atoms with Crippen LogP contribution in [0.25, 0.3) is 5.69 Å². The van der Waals surface area contributed by atoms with Crippen molar-refractivity contribution in [3.8, 4) is 5.69 Å². The van der Waals surface area contributed by atoms with Crippen LogP contribution in [0.1, 0.15) is 18.5 Å². The molecular weight excluding hydrogens is 313 g/mol. The van der Waals surface area contributed by atoms with Gasteiger partial charge in [-0.3, -0.25) is 0 Å². The van der Waals surface area contributed by atoms with E-state index in [0.29, 0.717) is 49.9 Å². The minimum atomic E-state index is -0.452. The van der Waals surface area contributed by atoms with Gasteiger partial charge in [-0.2, -0.15) is 0 Å². The SMILES string of the molecule is NCc1cn(-c2ccc(N3CCC4(CC3)OCCO4)c(F)c2)nn1. The average Bonchev–Trinajstić information content (AvgIpc) is 3.26. The number of nitrogens with two attached hydrogens (primary N) is 1. The molecule has 8 heteroatoms. The number of benzene rings is 1. The number of ether oxygens (including phenoxy) is 2. The lowest BCUT2D eigenvalue weighted by Crippen LogP contribution is -2.45. The Hall–Kier alpha value is -2.03. The first kappa shape index (κ1) is 15.5. The maximum absolute atomic E-state index is 14.6. The molecule has 1 aromatic heterocycles. The molecule has 2 N–H and O–H groups in total. The molecule has 2 aliphatic rings. The van der Waals surface area contributed by atoms with E-state index in [9.17, 15) is 4.39 Å². The number of hydrogen-bond acceptors (Lipinski definition) is 6. The summed E-state index contributed by atoms with van der Waals surface area (Å²) in [7, 11) is 0. The molecule has 0 saturated carbocycles. The Labute approximate surface area is 139 Å². The van der Waals surface area contributed by atoms with Crippen LogP contribution < -0.4 is 10.6 Å². The van der Waals surface area contributed by atoms with Crippen molar-refractivity contribution in [3.63, 3.8) is 0 Å². The van der Waals surface area contributed by atoms with Gasteiger partial charge in [-0.05, 0) is 12.1 Å². The van der Waals surface area contributed by atoms with E-state index in [0.717, 1.165) is 12.8 Å². The fraction of sp³-hybridized carbons (Fsp3) is 0.500. The van der Waals surface area contributed by atoms with Crippen LogP contribution in [0.3, 0.4) is 0 Å². The third-order valence-electron chi connectivity index (χ3n) is 4.63. The van der Waals surface area contributed by atoms with E-state index >= 15 is 0 Å². The third-order valence-corrected chi connectivity index (χ3v) is 4.63. The zero-order chi connectivity index (χ0) is 16.6. The second-order valence-electron chi connectivity index (χ2n) is 6.09. The predicted molar refractivity (Wildman–Crippen MR) is 85.3 cm³/mol. The lowest BCUT2D eigenvalue weighted by atomic mass is 10.0. The highest BCUT2D eigenvalue weighted by Crippen LogP contribution is 2.34. The zero-order valence-corrected chi connectivity index (χ0v) is 13.3. The highest BCUT2D eigenvalue weighted by molar-refractivity contribution is 5.52. The summed E-state index contributed by atoms with van der Waals surface area (Å²) in [6.07, 6.45) is 3.20. The summed E-state index contributed by atoms with van der Waals surface area (Å²) < 4.78 is 27.5. The number of nitrogens with zero attached hydrogens (tertiary/aromatic N) is 4. The van der Waals surface area contributed by atoms with Crippen LogP contribution in [0.4, 0.5) is 10.1 Å². The number of piperidine rings is 1. The van der Waals surface area contributed by atoms with Crippen molar-refractivity contribution in [2.24, 2.45) is 5.73 Å². The number of anilines is 1. The summed E-state index contributed by atoms with van der Waals surface area (Å²) in [5.41, 5.74) is 7.40.